The SMILES string of the molecule is CCSc1ccccc1NC(=O)C(C)N(c1cc(OC)ccc1OC)S(C)(=O)=O. The van der Waals surface area contributed by atoms with Crippen molar-refractivity contribution in [2.75, 3.05) is 35.9 Å². The van der Waals surface area contributed by atoms with E-state index < -0.39 is 22.0 Å². The number of hydrogen-bond acceptors (Lipinski definition) is 6. The number of nitrogens with one attached hydrogen (secondary N) is 1. The van der Waals surface area contributed by atoms with Crippen molar-refractivity contribution in [2.24, 2.45) is 0 Å². The molecule has 0 saturated carbocycles. The highest BCUT2D eigenvalue weighted by Crippen LogP contribution is 2.35. The van der Waals surface area contributed by atoms with Crippen LogP contribution in [0.25, 0.3) is 0 Å². The zero-order valence-corrected chi connectivity index (χ0v) is 18.8. The Morgan fingerprint density at radius 2 is 1.86 bits per heavy atom. The standard InChI is InChI=1S/C20H26N2O5S2/c1-6-28-19-10-8-7-9-16(19)21-20(23)14(2)22(29(5,24)25)17-13-15(26-3)11-12-18(17)27-4/h7-14H,6H2,1-5H3,(H,21,23). The number of carbonyl (C=O) groups excluding carboxylic acids is 1. The number of thioether (sulfide) groups is 1. The Kier molecular flexibility index (Phi) is 7.80. The van der Waals surface area contributed by atoms with Crippen LogP contribution in [0.1, 0.15) is 13.8 Å². The van der Waals surface area contributed by atoms with E-state index in [0.717, 1.165) is 21.2 Å². The zero-order chi connectivity index (χ0) is 21.6. The van der Waals surface area contributed by atoms with Gasteiger partial charge in [-0.25, -0.2) is 8.42 Å². The fourth-order valence-corrected chi connectivity index (χ4v) is 4.77. The highest BCUT2D eigenvalue weighted by molar-refractivity contribution is 7.99. The zero-order valence-electron chi connectivity index (χ0n) is 17.1. The molecular formula is C20H26N2O5S2. The summed E-state index contributed by atoms with van der Waals surface area (Å²) in [6, 6.07) is 11.2. The van der Waals surface area contributed by atoms with Gasteiger partial charge in [0.15, 0.2) is 0 Å². The van der Waals surface area contributed by atoms with Crippen LogP contribution in [0.3, 0.4) is 0 Å². The Labute approximate surface area is 176 Å². The third kappa shape index (κ3) is 5.57. The van der Waals surface area contributed by atoms with Gasteiger partial charge in [-0.2, -0.15) is 0 Å². The van der Waals surface area contributed by atoms with Crippen LogP contribution < -0.4 is 19.1 Å². The topological polar surface area (TPSA) is 84.9 Å². The molecule has 158 valence electrons. The largest absolute Gasteiger partial charge is 0.497 e. The summed E-state index contributed by atoms with van der Waals surface area (Å²) in [7, 11) is -0.880. The van der Waals surface area contributed by atoms with Crippen LogP contribution in [0, 0.1) is 0 Å². The van der Waals surface area contributed by atoms with Gasteiger partial charge >= 0.3 is 0 Å². The maximum absolute atomic E-state index is 13.0. The van der Waals surface area contributed by atoms with E-state index in [1.165, 1.54) is 27.2 Å². The minimum absolute atomic E-state index is 0.230. The first-order valence-corrected chi connectivity index (χ1v) is 11.8. The first-order valence-electron chi connectivity index (χ1n) is 8.97. The predicted octanol–water partition coefficient (Wildman–Crippen LogP) is 3.61. The second kappa shape index (κ2) is 9.89. The molecule has 1 N–H and O–H groups in total. The Hall–Kier alpha value is -2.39. The first kappa shape index (κ1) is 22.9. The molecule has 0 spiro atoms. The summed E-state index contributed by atoms with van der Waals surface area (Å²) >= 11 is 1.59. The highest BCUT2D eigenvalue weighted by Gasteiger charge is 2.32. The summed E-state index contributed by atoms with van der Waals surface area (Å²) in [6.45, 7) is 3.55. The van der Waals surface area contributed by atoms with Crippen LogP contribution >= 0.6 is 11.8 Å². The molecule has 2 rings (SSSR count). The summed E-state index contributed by atoms with van der Waals surface area (Å²) in [4.78, 5) is 13.9. The van der Waals surface area contributed by atoms with Crippen LogP contribution in [0.2, 0.25) is 0 Å². The summed E-state index contributed by atoms with van der Waals surface area (Å²) < 4.78 is 36.8. The molecule has 29 heavy (non-hydrogen) atoms. The van der Waals surface area contributed by atoms with E-state index in [1.807, 2.05) is 25.1 Å². The minimum Gasteiger partial charge on any atom is -0.497 e. The fraction of sp³-hybridized carbons (Fsp3) is 0.350. The number of nitrogens with zero attached hydrogens (tertiary/aromatic N) is 1. The molecule has 1 atom stereocenters. The molecular weight excluding hydrogens is 412 g/mol. The van der Waals surface area contributed by atoms with Crippen molar-refractivity contribution in [1.82, 2.24) is 0 Å². The van der Waals surface area contributed by atoms with Gasteiger partial charge in [-0.05, 0) is 36.9 Å². The van der Waals surface area contributed by atoms with Gasteiger partial charge in [0.05, 0.1) is 31.9 Å². The number of methoxy groups -OCH3 is 2. The molecule has 1 unspecified atom stereocenters. The molecule has 2 aromatic rings. The van der Waals surface area contributed by atoms with Crippen molar-refractivity contribution in [3.05, 3.63) is 42.5 Å². The van der Waals surface area contributed by atoms with E-state index in [4.69, 9.17) is 9.47 Å². The van der Waals surface area contributed by atoms with Crippen molar-refractivity contribution in [2.45, 2.75) is 24.8 Å². The number of benzene rings is 2. The molecule has 0 aromatic heterocycles. The van der Waals surface area contributed by atoms with Crippen LogP contribution in [-0.4, -0.2) is 46.6 Å². The van der Waals surface area contributed by atoms with Crippen LogP contribution in [0.15, 0.2) is 47.4 Å². The van der Waals surface area contributed by atoms with Gasteiger partial charge < -0.3 is 14.8 Å². The van der Waals surface area contributed by atoms with Gasteiger partial charge in [-0.1, -0.05) is 19.1 Å². The van der Waals surface area contributed by atoms with Crippen LogP contribution in [0.5, 0.6) is 11.5 Å². The van der Waals surface area contributed by atoms with Crippen molar-refractivity contribution >= 4 is 39.1 Å². The minimum atomic E-state index is -3.80. The van der Waals surface area contributed by atoms with Gasteiger partial charge in [-0.3, -0.25) is 9.10 Å². The Morgan fingerprint density at radius 3 is 2.45 bits per heavy atom. The second-order valence-electron chi connectivity index (χ2n) is 6.19. The van der Waals surface area contributed by atoms with Crippen LogP contribution in [-0.2, 0) is 14.8 Å². The van der Waals surface area contributed by atoms with Gasteiger partial charge in [0, 0.05) is 11.0 Å². The average Bonchev–Trinajstić information content (AvgIpc) is 2.68. The van der Waals surface area contributed by atoms with Crippen molar-refractivity contribution in [3.8, 4) is 11.5 Å². The average molecular weight is 439 g/mol. The smallest absolute Gasteiger partial charge is 0.248 e. The van der Waals surface area contributed by atoms with Gasteiger partial charge in [0.2, 0.25) is 15.9 Å². The third-order valence-electron chi connectivity index (χ3n) is 4.16. The third-order valence-corrected chi connectivity index (χ3v) is 6.34. The number of amides is 1. The Morgan fingerprint density at radius 1 is 1.17 bits per heavy atom. The summed E-state index contributed by atoms with van der Waals surface area (Å²) in [6.07, 6.45) is 1.05. The molecule has 0 fully saturated rings. The number of para-hydroxylation sites is 1. The lowest BCUT2D eigenvalue weighted by Crippen LogP contribution is -2.45. The van der Waals surface area contributed by atoms with E-state index in [2.05, 4.69) is 5.32 Å². The van der Waals surface area contributed by atoms with E-state index in [9.17, 15) is 13.2 Å². The van der Waals surface area contributed by atoms with Gasteiger partial charge in [0.1, 0.15) is 17.5 Å². The number of sulfonamides is 1. The van der Waals surface area contributed by atoms with Gasteiger partial charge in [0.25, 0.3) is 0 Å². The summed E-state index contributed by atoms with van der Waals surface area (Å²) in [5.74, 6) is 1.16. The lowest BCUT2D eigenvalue weighted by molar-refractivity contribution is -0.116. The molecule has 9 heteroatoms. The van der Waals surface area contributed by atoms with Crippen molar-refractivity contribution in [1.29, 1.82) is 0 Å². The maximum Gasteiger partial charge on any atom is 0.248 e. The summed E-state index contributed by atoms with van der Waals surface area (Å²) in [5, 5.41) is 2.85. The summed E-state index contributed by atoms with van der Waals surface area (Å²) in [5.41, 5.74) is 0.871. The number of ether oxygens (including phenoxy) is 2. The van der Waals surface area contributed by atoms with Crippen molar-refractivity contribution < 1.29 is 22.7 Å². The fourth-order valence-electron chi connectivity index (χ4n) is 2.84. The molecule has 0 saturated heterocycles. The number of anilines is 2. The number of hydrogen-bond donors (Lipinski definition) is 1. The van der Waals surface area contributed by atoms with Crippen LogP contribution in [0.4, 0.5) is 11.4 Å². The molecule has 7 nitrogen and oxygen atoms in total. The number of carbonyl (C=O) groups is 1. The normalized spacial score (nSPS) is 12.2. The lowest BCUT2D eigenvalue weighted by atomic mass is 10.2. The number of rotatable bonds is 9. The van der Waals surface area contributed by atoms with Crippen molar-refractivity contribution in [3.63, 3.8) is 0 Å². The van der Waals surface area contributed by atoms with E-state index in [0.29, 0.717) is 17.2 Å². The van der Waals surface area contributed by atoms with E-state index in [-0.39, 0.29) is 5.69 Å². The molecule has 0 heterocycles. The Balaban J connectivity index is 2.43. The molecule has 0 aliphatic rings. The monoisotopic (exact) mass is 438 g/mol. The molecule has 0 bridgehead atoms. The molecule has 0 aliphatic heterocycles. The quantitative estimate of drug-likeness (QED) is 0.602. The first-order chi connectivity index (χ1) is 13.7. The predicted molar refractivity (Wildman–Crippen MR) is 118 cm³/mol. The van der Waals surface area contributed by atoms with Gasteiger partial charge in [-0.15, -0.1) is 11.8 Å². The highest BCUT2D eigenvalue weighted by atomic mass is 32.2. The molecule has 0 radical (unpaired) electrons. The van der Waals surface area contributed by atoms with E-state index in [1.54, 1.807) is 30.0 Å². The molecule has 2 aromatic carbocycles. The second-order valence-corrected chi connectivity index (χ2v) is 9.36. The molecule has 0 aliphatic carbocycles. The maximum atomic E-state index is 13.0. The van der Waals surface area contributed by atoms with E-state index >= 15 is 0 Å². The Bertz CT molecular complexity index is 963. The lowest BCUT2D eigenvalue weighted by Gasteiger charge is -2.29. The molecule has 1 amide bonds.